The van der Waals surface area contributed by atoms with Gasteiger partial charge in [-0.2, -0.15) is 0 Å². The first-order valence-electron chi connectivity index (χ1n) is 12.8. The maximum absolute atomic E-state index is 13.8. The second-order valence-corrected chi connectivity index (χ2v) is 9.57. The summed E-state index contributed by atoms with van der Waals surface area (Å²) in [6.45, 7) is 8.38. The first kappa shape index (κ1) is 25.8. The molecular formula is C29H36N2O5. The fourth-order valence-electron chi connectivity index (χ4n) is 4.68. The van der Waals surface area contributed by atoms with Crippen molar-refractivity contribution >= 4 is 16.9 Å². The average Bonchev–Trinajstić information content (AvgIpc) is 3.12. The van der Waals surface area contributed by atoms with Gasteiger partial charge in [0, 0.05) is 6.54 Å². The van der Waals surface area contributed by atoms with Gasteiger partial charge in [-0.05, 0) is 77.2 Å². The molecule has 0 saturated heterocycles. The molecule has 0 saturated carbocycles. The summed E-state index contributed by atoms with van der Waals surface area (Å²) in [5.41, 5.74) is 2.43. The normalized spacial score (nSPS) is 15.1. The summed E-state index contributed by atoms with van der Waals surface area (Å²) in [6.07, 6.45) is 2.76. The van der Waals surface area contributed by atoms with Gasteiger partial charge in [-0.1, -0.05) is 31.0 Å². The van der Waals surface area contributed by atoms with E-state index in [0.29, 0.717) is 47.8 Å². The lowest BCUT2D eigenvalue weighted by Crippen LogP contribution is -2.32. The zero-order valence-electron chi connectivity index (χ0n) is 21.9. The molecule has 3 aromatic rings. The SMILES string of the molecule is CCCCOc1ccc([C@@H]2c3c(oc4ccc(C)cc4c3=O)C(=O)N2CCCN(C)C)cc1OCC. The van der Waals surface area contributed by atoms with Crippen LogP contribution in [0.5, 0.6) is 11.5 Å². The Morgan fingerprint density at radius 3 is 2.53 bits per heavy atom. The fraction of sp³-hybridized carbons (Fsp3) is 0.448. The van der Waals surface area contributed by atoms with Crippen molar-refractivity contribution in [2.45, 2.75) is 46.1 Å². The van der Waals surface area contributed by atoms with Crippen LogP contribution in [0.15, 0.2) is 45.6 Å². The zero-order valence-corrected chi connectivity index (χ0v) is 21.9. The number of nitrogens with zero attached hydrogens (tertiary/aromatic N) is 2. The Morgan fingerprint density at radius 1 is 1.00 bits per heavy atom. The van der Waals surface area contributed by atoms with Gasteiger partial charge in [0.05, 0.1) is 30.2 Å². The number of aryl methyl sites for hydroxylation is 1. The van der Waals surface area contributed by atoms with E-state index >= 15 is 0 Å². The average molecular weight is 493 g/mol. The van der Waals surface area contributed by atoms with Gasteiger partial charge in [-0.3, -0.25) is 9.59 Å². The molecule has 1 amide bonds. The van der Waals surface area contributed by atoms with Crippen LogP contribution in [0.3, 0.4) is 0 Å². The standard InChI is InChI=1S/C29H36N2O5/c1-6-8-16-35-23-13-11-20(18-24(23)34-7-2)26-25-27(32)21-17-19(3)10-12-22(21)36-28(25)29(33)31(26)15-9-14-30(4)5/h10-13,17-18,26H,6-9,14-16H2,1-5H3/t26-/m1/s1. The minimum Gasteiger partial charge on any atom is -0.490 e. The third-order valence-corrected chi connectivity index (χ3v) is 6.46. The molecule has 0 fully saturated rings. The quantitative estimate of drug-likeness (QED) is 0.344. The highest BCUT2D eigenvalue weighted by Crippen LogP contribution is 2.41. The van der Waals surface area contributed by atoms with E-state index in [-0.39, 0.29) is 17.1 Å². The summed E-state index contributed by atoms with van der Waals surface area (Å²) in [4.78, 5) is 31.2. The Bertz CT molecular complexity index is 1300. The van der Waals surface area contributed by atoms with Crippen molar-refractivity contribution in [1.29, 1.82) is 0 Å². The lowest BCUT2D eigenvalue weighted by atomic mass is 9.97. The number of ether oxygens (including phenoxy) is 2. The summed E-state index contributed by atoms with van der Waals surface area (Å²) in [5.74, 6) is 1.15. The van der Waals surface area contributed by atoms with Gasteiger partial charge in [0.1, 0.15) is 5.58 Å². The zero-order chi connectivity index (χ0) is 25.8. The minimum absolute atomic E-state index is 0.132. The van der Waals surface area contributed by atoms with Crippen LogP contribution < -0.4 is 14.9 Å². The molecule has 0 unspecified atom stereocenters. The second-order valence-electron chi connectivity index (χ2n) is 9.57. The molecule has 1 atom stereocenters. The Morgan fingerprint density at radius 2 is 1.81 bits per heavy atom. The summed E-state index contributed by atoms with van der Waals surface area (Å²) in [5, 5.41) is 0.492. The van der Waals surface area contributed by atoms with Crippen LogP contribution in [0, 0.1) is 6.92 Å². The van der Waals surface area contributed by atoms with Gasteiger partial charge < -0.3 is 23.7 Å². The summed E-state index contributed by atoms with van der Waals surface area (Å²) < 4.78 is 17.9. The number of carbonyl (C=O) groups is 1. The van der Waals surface area contributed by atoms with Crippen molar-refractivity contribution in [2.24, 2.45) is 0 Å². The first-order chi connectivity index (χ1) is 17.3. The highest BCUT2D eigenvalue weighted by Gasteiger charge is 2.42. The summed E-state index contributed by atoms with van der Waals surface area (Å²) in [7, 11) is 4.01. The molecular weight excluding hydrogens is 456 g/mol. The molecule has 0 N–H and O–H groups in total. The number of amides is 1. The third-order valence-electron chi connectivity index (χ3n) is 6.46. The molecule has 36 heavy (non-hydrogen) atoms. The Labute approximate surface area is 212 Å². The Hall–Kier alpha value is -3.32. The monoisotopic (exact) mass is 492 g/mol. The van der Waals surface area contributed by atoms with E-state index in [1.54, 1.807) is 11.0 Å². The molecule has 1 aliphatic rings. The number of hydrogen-bond acceptors (Lipinski definition) is 6. The van der Waals surface area contributed by atoms with Gasteiger partial charge in [-0.15, -0.1) is 0 Å². The third kappa shape index (κ3) is 5.12. The Balaban J connectivity index is 1.83. The van der Waals surface area contributed by atoms with E-state index in [1.807, 2.05) is 58.3 Å². The molecule has 0 radical (unpaired) electrons. The van der Waals surface area contributed by atoms with Crippen LogP contribution in [0.4, 0.5) is 0 Å². The maximum Gasteiger partial charge on any atom is 0.290 e. The summed E-state index contributed by atoms with van der Waals surface area (Å²) in [6, 6.07) is 10.6. The van der Waals surface area contributed by atoms with E-state index < -0.39 is 6.04 Å². The number of rotatable bonds is 11. The Kier molecular flexibility index (Phi) is 7.99. The molecule has 0 aliphatic carbocycles. The van der Waals surface area contributed by atoms with Crippen molar-refractivity contribution in [3.8, 4) is 11.5 Å². The van der Waals surface area contributed by atoms with E-state index in [1.165, 1.54) is 0 Å². The number of benzene rings is 2. The largest absolute Gasteiger partial charge is 0.490 e. The van der Waals surface area contributed by atoms with Crippen LogP contribution >= 0.6 is 0 Å². The topological polar surface area (TPSA) is 72.2 Å². The highest BCUT2D eigenvalue weighted by molar-refractivity contribution is 5.99. The maximum atomic E-state index is 13.8. The van der Waals surface area contributed by atoms with Gasteiger partial charge in [0.15, 0.2) is 16.9 Å². The van der Waals surface area contributed by atoms with E-state index in [2.05, 4.69) is 11.8 Å². The lowest BCUT2D eigenvalue weighted by molar-refractivity contribution is 0.0722. The predicted octanol–water partition coefficient (Wildman–Crippen LogP) is 5.18. The lowest BCUT2D eigenvalue weighted by Gasteiger charge is -2.26. The van der Waals surface area contributed by atoms with Crippen LogP contribution in [-0.2, 0) is 0 Å². The van der Waals surface area contributed by atoms with Gasteiger partial charge in [0.2, 0.25) is 5.76 Å². The van der Waals surface area contributed by atoms with E-state index in [4.69, 9.17) is 13.9 Å². The predicted molar refractivity (Wildman–Crippen MR) is 141 cm³/mol. The molecule has 4 rings (SSSR count). The number of fused-ring (bicyclic) bond motifs is 2. The molecule has 7 heteroatoms. The van der Waals surface area contributed by atoms with Crippen LogP contribution in [-0.4, -0.2) is 56.1 Å². The van der Waals surface area contributed by atoms with Crippen molar-refractivity contribution in [3.63, 3.8) is 0 Å². The van der Waals surface area contributed by atoms with E-state index in [0.717, 1.165) is 36.9 Å². The molecule has 1 aliphatic heterocycles. The van der Waals surface area contributed by atoms with Gasteiger partial charge in [0.25, 0.3) is 5.91 Å². The second kappa shape index (κ2) is 11.2. The molecule has 0 spiro atoms. The van der Waals surface area contributed by atoms with Gasteiger partial charge in [-0.25, -0.2) is 0 Å². The van der Waals surface area contributed by atoms with Crippen molar-refractivity contribution in [3.05, 3.63) is 69.1 Å². The van der Waals surface area contributed by atoms with Crippen molar-refractivity contribution < 1.29 is 18.7 Å². The number of carbonyl (C=O) groups excluding carboxylic acids is 1. The molecule has 2 heterocycles. The van der Waals surface area contributed by atoms with Crippen LogP contribution in [0.2, 0.25) is 0 Å². The smallest absolute Gasteiger partial charge is 0.290 e. The van der Waals surface area contributed by atoms with E-state index in [9.17, 15) is 9.59 Å². The molecule has 1 aromatic heterocycles. The fourth-order valence-corrected chi connectivity index (χ4v) is 4.68. The molecule has 192 valence electrons. The minimum atomic E-state index is -0.556. The first-order valence-corrected chi connectivity index (χ1v) is 12.8. The highest BCUT2D eigenvalue weighted by atomic mass is 16.5. The van der Waals surface area contributed by atoms with Gasteiger partial charge >= 0.3 is 0 Å². The molecule has 0 bridgehead atoms. The molecule has 2 aromatic carbocycles. The molecule has 7 nitrogen and oxygen atoms in total. The van der Waals surface area contributed by atoms with Crippen molar-refractivity contribution in [2.75, 3.05) is 40.4 Å². The van der Waals surface area contributed by atoms with Crippen molar-refractivity contribution in [1.82, 2.24) is 9.80 Å². The van der Waals surface area contributed by atoms with Crippen LogP contribution in [0.1, 0.15) is 66.4 Å². The number of unbranched alkanes of at least 4 members (excludes halogenated alkanes) is 1. The summed E-state index contributed by atoms with van der Waals surface area (Å²) >= 11 is 0. The van der Waals surface area contributed by atoms with Crippen LogP contribution in [0.25, 0.3) is 11.0 Å². The number of hydrogen-bond donors (Lipinski definition) is 0.